The van der Waals surface area contributed by atoms with Crippen molar-refractivity contribution in [3.8, 4) is 6.07 Å². The van der Waals surface area contributed by atoms with Gasteiger partial charge in [-0.2, -0.15) is 5.26 Å². The third kappa shape index (κ3) is 4.47. The van der Waals surface area contributed by atoms with E-state index in [2.05, 4.69) is 23.3 Å². The lowest BCUT2D eigenvalue weighted by molar-refractivity contribution is -0.120. The summed E-state index contributed by atoms with van der Waals surface area (Å²) < 4.78 is 0. The highest BCUT2D eigenvalue weighted by Crippen LogP contribution is 2.12. The maximum atomic E-state index is 11.7. The first-order chi connectivity index (χ1) is 8.65. The normalized spacial score (nSPS) is 9.33. The van der Waals surface area contributed by atoms with Crippen molar-refractivity contribution in [2.24, 2.45) is 0 Å². The van der Waals surface area contributed by atoms with Gasteiger partial charge >= 0.3 is 0 Å². The number of hydrogen-bond acceptors (Lipinski definition) is 4. The van der Waals surface area contributed by atoms with Gasteiger partial charge < -0.3 is 10.6 Å². The average molecular weight is 263 g/mol. The molecule has 1 aromatic rings. The minimum atomic E-state index is -0.346. The molecule has 94 valence electrons. The van der Waals surface area contributed by atoms with Crippen LogP contribution in [0.3, 0.4) is 0 Å². The van der Waals surface area contributed by atoms with Crippen LogP contribution in [0.1, 0.15) is 16.8 Å². The molecule has 0 saturated carbocycles. The van der Waals surface area contributed by atoms with Gasteiger partial charge in [-0.25, -0.2) is 0 Å². The molecule has 0 fully saturated rings. The number of thiol groups is 1. The predicted molar refractivity (Wildman–Crippen MR) is 69.3 cm³/mol. The average Bonchev–Trinajstić information content (AvgIpc) is 2.35. The number of rotatable bonds is 5. The highest BCUT2D eigenvalue weighted by Gasteiger charge is 2.07. The summed E-state index contributed by atoms with van der Waals surface area (Å²) in [5.41, 5.74) is 0.490. The van der Waals surface area contributed by atoms with Crippen molar-refractivity contribution in [3.05, 3.63) is 29.8 Å². The van der Waals surface area contributed by atoms with Gasteiger partial charge in [0.25, 0.3) is 5.91 Å². The smallest absolute Gasteiger partial charge is 0.252 e. The quantitative estimate of drug-likeness (QED) is 0.541. The zero-order valence-corrected chi connectivity index (χ0v) is 10.5. The van der Waals surface area contributed by atoms with E-state index in [9.17, 15) is 9.59 Å². The number of carbonyl (C=O) groups is 2. The number of nitrogens with one attached hydrogen (secondary N) is 2. The van der Waals surface area contributed by atoms with Crippen LogP contribution in [0.25, 0.3) is 0 Å². The molecule has 5 nitrogen and oxygen atoms in total. The van der Waals surface area contributed by atoms with Crippen LogP contribution in [0.15, 0.2) is 29.2 Å². The van der Waals surface area contributed by atoms with Crippen molar-refractivity contribution in [3.63, 3.8) is 0 Å². The second-order valence-electron chi connectivity index (χ2n) is 3.46. The Bertz CT molecular complexity index is 482. The summed E-state index contributed by atoms with van der Waals surface area (Å²) in [6.07, 6.45) is -0.173. The van der Waals surface area contributed by atoms with E-state index in [1.54, 1.807) is 30.3 Å². The van der Waals surface area contributed by atoms with Crippen LogP contribution in [0.5, 0.6) is 0 Å². The minimum Gasteiger partial charge on any atom is -0.353 e. The molecular weight excluding hydrogens is 250 g/mol. The van der Waals surface area contributed by atoms with Crippen molar-refractivity contribution < 1.29 is 9.59 Å². The van der Waals surface area contributed by atoms with Gasteiger partial charge in [0.1, 0.15) is 6.42 Å². The summed E-state index contributed by atoms with van der Waals surface area (Å²) in [6.45, 7) is 0.596. The molecule has 0 aliphatic carbocycles. The topological polar surface area (TPSA) is 82.0 Å². The number of amides is 2. The van der Waals surface area contributed by atoms with E-state index in [4.69, 9.17) is 5.26 Å². The van der Waals surface area contributed by atoms with E-state index in [1.165, 1.54) is 0 Å². The highest BCUT2D eigenvalue weighted by atomic mass is 32.1. The largest absolute Gasteiger partial charge is 0.353 e. The fourth-order valence-corrected chi connectivity index (χ4v) is 1.54. The molecule has 18 heavy (non-hydrogen) atoms. The molecule has 0 atom stereocenters. The molecule has 1 aromatic carbocycles. The standard InChI is InChI=1S/C12H13N3O2S/c13-6-5-11(16)14-7-8-15-12(17)9-3-1-2-4-10(9)18/h1-4,18H,5,7-8H2,(H,14,16)(H,15,17). The third-order valence-corrected chi connectivity index (χ3v) is 2.51. The van der Waals surface area contributed by atoms with Crippen LogP contribution in [-0.2, 0) is 4.79 Å². The monoisotopic (exact) mass is 263 g/mol. The first-order valence-electron chi connectivity index (χ1n) is 5.35. The van der Waals surface area contributed by atoms with Gasteiger partial charge in [0.2, 0.25) is 5.91 Å². The second kappa shape index (κ2) is 7.35. The van der Waals surface area contributed by atoms with Gasteiger partial charge in [-0.05, 0) is 12.1 Å². The molecule has 0 spiro atoms. The summed E-state index contributed by atoms with van der Waals surface area (Å²) in [4.78, 5) is 23.3. The molecule has 0 unspecified atom stereocenters. The second-order valence-corrected chi connectivity index (χ2v) is 3.94. The Balaban J connectivity index is 2.33. The Morgan fingerprint density at radius 2 is 1.89 bits per heavy atom. The number of nitrogens with zero attached hydrogens (tertiary/aromatic N) is 1. The minimum absolute atomic E-state index is 0.173. The lowest BCUT2D eigenvalue weighted by atomic mass is 10.2. The van der Waals surface area contributed by atoms with Gasteiger partial charge in [-0.1, -0.05) is 12.1 Å². The Morgan fingerprint density at radius 3 is 2.56 bits per heavy atom. The lowest BCUT2D eigenvalue weighted by Crippen LogP contribution is -2.34. The number of nitriles is 1. The Hall–Kier alpha value is -2.00. The van der Waals surface area contributed by atoms with Crippen LogP contribution < -0.4 is 10.6 Å². The molecule has 0 bridgehead atoms. The van der Waals surface area contributed by atoms with E-state index < -0.39 is 0 Å². The molecule has 1 rings (SSSR count). The molecule has 0 aliphatic rings. The van der Waals surface area contributed by atoms with Crippen LogP contribution in [-0.4, -0.2) is 24.9 Å². The van der Waals surface area contributed by atoms with Gasteiger partial charge in [-0.3, -0.25) is 9.59 Å². The highest BCUT2D eigenvalue weighted by molar-refractivity contribution is 7.80. The summed E-state index contributed by atoms with van der Waals surface area (Å²) >= 11 is 4.18. The van der Waals surface area contributed by atoms with Gasteiger partial charge in [0, 0.05) is 18.0 Å². The molecule has 0 aromatic heterocycles. The molecule has 6 heteroatoms. The van der Waals surface area contributed by atoms with Crippen LogP contribution >= 0.6 is 12.6 Å². The van der Waals surface area contributed by atoms with Crippen molar-refractivity contribution >= 4 is 24.4 Å². The Labute approximate surface area is 111 Å². The lowest BCUT2D eigenvalue weighted by Gasteiger charge is -2.07. The molecule has 2 amide bonds. The first kappa shape index (κ1) is 14.1. The van der Waals surface area contributed by atoms with Crippen LogP contribution in [0.4, 0.5) is 0 Å². The van der Waals surface area contributed by atoms with Crippen molar-refractivity contribution in [2.45, 2.75) is 11.3 Å². The number of benzene rings is 1. The Kier molecular flexibility index (Phi) is 5.74. The van der Waals surface area contributed by atoms with Crippen LogP contribution in [0, 0.1) is 11.3 Å². The van der Waals surface area contributed by atoms with E-state index in [-0.39, 0.29) is 18.2 Å². The fourth-order valence-electron chi connectivity index (χ4n) is 1.27. The summed E-state index contributed by atoms with van der Waals surface area (Å²) in [6, 6.07) is 8.69. The predicted octanol–water partition coefficient (Wildman–Crippen LogP) is 0.735. The van der Waals surface area contributed by atoms with Gasteiger partial charge in [0.15, 0.2) is 0 Å². The maximum Gasteiger partial charge on any atom is 0.252 e. The SMILES string of the molecule is N#CCC(=O)NCCNC(=O)c1ccccc1S. The first-order valence-corrected chi connectivity index (χ1v) is 5.79. The fraction of sp³-hybridized carbons (Fsp3) is 0.250. The van der Waals surface area contributed by atoms with Gasteiger partial charge in [0.05, 0.1) is 11.6 Å². The summed E-state index contributed by atoms with van der Waals surface area (Å²) in [5.74, 6) is -0.587. The van der Waals surface area contributed by atoms with Gasteiger partial charge in [-0.15, -0.1) is 12.6 Å². The van der Waals surface area contributed by atoms with E-state index >= 15 is 0 Å². The number of hydrogen-bond donors (Lipinski definition) is 3. The van der Waals surface area contributed by atoms with Crippen molar-refractivity contribution in [1.29, 1.82) is 5.26 Å². The van der Waals surface area contributed by atoms with Crippen molar-refractivity contribution in [2.75, 3.05) is 13.1 Å². The maximum absolute atomic E-state index is 11.7. The summed E-state index contributed by atoms with van der Waals surface area (Å²) in [7, 11) is 0. The molecule has 2 N–H and O–H groups in total. The zero-order chi connectivity index (χ0) is 13.4. The van der Waals surface area contributed by atoms with E-state index in [1.807, 2.05) is 0 Å². The molecule has 0 saturated heterocycles. The van der Waals surface area contributed by atoms with Crippen molar-refractivity contribution in [1.82, 2.24) is 10.6 Å². The van der Waals surface area contributed by atoms with E-state index in [0.29, 0.717) is 23.5 Å². The molecule has 0 aliphatic heterocycles. The Morgan fingerprint density at radius 1 is 1.22 bits per heavy atom. The molecular formula is C12H13N3O2S. The molecule has 0 radical (unpaired) electrons. The molecule has 0 heterocycles. The van der Waals surface area contributed by atoms with E-state index in [0.717, 1.165) is 0 Å². The zero-order valence-electron chi connectivity index (χ0n) is 9.64. The third-order valence-electron chi connectivity index (χ3n) is 2.12. The number of carbonyl (C=O) groups excluding carboxylic acids is 2. The van der Waals surface area contributed by atoms with Crippen LogP contribution in [0.2, 0.25) is 0 Å². The summed E-state index contributed by atoms with van der Waals surface area (Å²) in [5, 5.41) is 13.4.